The molecule has 0 aliphatic heterocycles. The molecular weight excluding hydrogens is 240 g/mol. The Bertz CT molecular complexity index is 398. The smallest absolute Gasteiger partial charge is 0.0992 e. The second-order valence-electron chi connectivity index (χ2n) is 3.64. The summed E-state index contributed by atoms with van der Waals surface area (Å²) in [5, 5.41) is 27.0. The van der Waals surface area contributed by atoms with Crippen molar-refractivity contribution in [1.82, 2.24) is 4.90 Å². The fourth-order valence-corrected chi connectivity index (χ4v) is 1.78. The number of nitriles is 1. The van der Waals surface area contributed by atoms with Crippen molar-refractivity contribution in [3.63, 3.8) is 0 Å². The third kappa shape index (κ3) is 4.33. The lowest BCUT2D eigenvalue weighted by atomic mass is 10.1. The lowest BCUT2D eigenvalue weighted by molar-refractivity contribution is 0.156. The van der Waals surface area contributed by atoms with Crippen molar-refractivity contribution in [2.45, 2.75) is 6.54 Å². The van der Waals surface area contributed by atoms with Crippen LogP contribution in [0.4, 0.5) is 0 Å². The van der Waals surface area contributed by atoms with E-state index in [0.29, 0.717) is 30.2 Å². The molecule has 92 valence electrons. The third-order valence-corrected chi connectivity index (χ3v) is 2.76. The molecule has 0 unspecified atom stereocenters. The molecule has 17 heavy (non-hydrogen) atoms. The maximum atomic E-state index is 8.89. The Morgan fingerprint density at radius 3 is 2.35 bits per heavy atom. The molecule has 0 bridgehead atoms. The SMILES string of the molecule is N#Cc1ccc(CN(CCO)CCO)c(Cl)c1. The second kappa shape index (κ2) is 7.25. The van der Waals surface area contributed by atoms with E-state index in [9.17, 15) is 0 Å². The Labute approximate surface area is 106 Å². The van der Waals surface area contributed by atoms with Gasteiger partial charge in [0.2, 0.25) is 0 Å². The van der Waals surface area contributed by atoms with Gasteiger partial charge in [-0.2, -0.15) is 5.26 Å². The van der Waals surface area contributed by atoms with E-state index in [2.05, 4.69) is 0 Å². The Morgan fingerprint density at radius 2 is 1.88 bits per heavy atom. The van der Waals surface area contributed by atoms with Crippen molar-refractivity contribution in [3.05, 3.63) is 34.3 Å². The van der Waals surface area contributed by atoms with Gasteiger partial charge >= 0.3 is 0 Å². The highest BCUT2D eigenvalue weighted by Crippen LogP contribution is 2.19. The zero-order chi connectivity index (χ0) is 12.7. The number of nitrogens with zero attached hydrogens (tertiary/aromatic N) is 2. The highest BCUT2D eigenvalue weighted by Gasteiger charge is 2.08. The summed E-state index contributed by atoms with van der Waals surface area (Å²) in [5.74, 6) is 0. The normalized spacial score (nSPS) is 10.5. The van der Waals surface area contributed by atoms with Crippen LogP contribution < -0.4 is 0 Å². The Kier molecular flexibility index (Phi) is 5.95. The van der Waals surface area contributed by atoms with Crippen LogP contribution >= 0.6 is 11.6 Å². The summed E-state index contributed by atoms with van der Waals surface area (Å²) in [4.78, 5) is 1.90. The number of rotatable bonds is 6. The van der Waals surface area contributed by atoms with Crippen LogP contribution in [0.3, 0.4) is 0 Å². The summed E-state index contributed by atoms with van der Waals surface area (Å²) < 4.78 is 0. The Hall–Kier alpha value is -1.12. The molecule has 1 rings (SSSR count). The minimum Gasteiger partial charge on any atom is -0.395 e. The van der Waals surface area contributed by atoms with E-state index in [1.165, 1.54) is 0 Å². The van der Waals surface area contributed by atoms with Gasteiger partial charge in [0.05, 0.1) is 24.8 Å². The predicted molar refractivity (Wildman–Crippen MR) is 65.6 cm³/mol. The molecular formula is C12H15ClN2O2. The zero-order valence-electron chi connectivity index (χ0n) is 9.43. The molecule has 2 N–H and O–H groups in total. The van der Waals surface area contributed by atoms with Gasteiger partial charge in [0.15, 0.2) is 0 Å². The molecule has 0 amide bonds. The van der Waals surface area contributed by atoms with Gasteiger partial charge in [-0.3, -0.25) is 4.90 Å². The molecule has 1 aromatic rings. The highest BCUT2D eigenvalue weighted by molar-refractivity contribution is 6.31. The van der Waals surface area contributed by atoms with Crippen molar-refractivity contribution in [3.8, 4) is 6.07 Å². The van der Waals surface area contributed by atoms with Crippen LogP contribution in [0.15, 0.2) is 18.2 Å². The summed E-state index contributed by atoms with van der Waals surface area (Å²) in [5.41, 5.74) is 1.40. The van der Waals surface area contributed by atoms with Crippen molar-refractivity contribution in [1.29, 1.82) is 5.26 Å². The number of aliphatic hydroxyl groups is 2. The van der Waals surface area contributed by atoms with Crippen molar-refractivity contribution in [2.75, 3.05) is 26.3 Å². The van der Waals surface area contributed by atoms with E-state index >= 15 is 0 Å². The first-order valence-corrected chi connectivity index (χ1v) is 5.71. The van der Waals surface area contributed by atoms with Gasteiger partial charge < -0.3 is 10.2 Å². The monoisotopic (exact) mass is 254 g/mol. The average molecular weight is 255 g/mol. The zero-order valence-corrected chi connectivity index (χ0v) is 10.2. The average Bonchev–Trinajstić information content (AvgIpc) is 2.32. The first-order chi connectivity index (χ1) is 8.21. The molecule has 0 heterocycles. The number of benzene rings is 1. The Morgan fingerprint density at radius 1 is 1.24 bits per heavy atom. The van der Waals surface area contributed by atoms with Crippen molar-refractivity contribution >= 4 is 11.6 Å². The summed E-state index contributed by atoms with van der Waals surface area (Å²) in [6, 6.07) is 7.14. The molecule has 5 heteroatoms. The van der Waals surface area contributed by atoms with E-state index in [0.717, 1.165) is 5.56 Å². The topological polar surface area (TPSA) is 67.5 Å². The molecule has 0 aromatic heterocycles. The van der Waals surface area contributed by atoms with Crippen LogP contribution in [0.1, 0.15) is 11.1 Å². The summed E-state index contributed by atoms with van der Waals surface area (Å²) >= 11 is 6.05. The van der Waals surface area contributed by atoms with Gasteiger partial charge in [0.1, 0.15) is 0 Å². The molecule has 0 saturated carbocycles. The van der Waals surface area contributed by atoms with Crippen molar-refractivity contribution in [2.24, 2.45) is 0 Å². The van der Waals surface area contributed by atoms with E-state index < -0.39 is 0 Å². The number of aliphatic hydroxyl groups excluding tert-OH is 2. The van der Waals surface area contributed by atoms with E-state index in [1.54, 1.807) is 18.2 Å². The fourth-order valence-electron chi connectivity index (χ4n) is 1.54. The fraction of sp³-hybridized carbons (Fsp3) is 0.417. The number of hydrogen-bond acceptors (Lipinski definition) is 4. The molecule has 0 radical (unpaired) electrons. The standard InChI is InChI=1S/C12H15ClN2O2/c13-12-7-10(8-14)1-2-11(12)9-15(3-5-16)4-6-17/h1-2,7,16-17H,3-6,9H2. The number of halogens is 1. The van der Waals surface area contributed by atoms with Gasteiger partial charge in [-0.1, -0.05) is 17.7 Å². The van der Waals surface area contributed by atoms with E-state index in [-0.39, 0.29) is 13.2 Å². The Balaban J connectivity index is 2.75. The molecule has 0 atom stereocenters. The largest absolute Gasteiger partial charge is 0.395 e. The van der Waals surface area contributed by atoms with Crippen LogP contribution in [0.5, 0.6) is 0 Å². The minimum absolute atomic E-state index is 0.0356. The molecule has 0 aliphatic carbocycles. The highest BCUT2D eigenvalue weighted by atomic mass is 35.5. The maximum Gasteiger partial charge on any atom is 0.0992 e. The maximum absolute atomic E-state index is 8.89. The molecule has 0 aliphatic rings. The van der Waals surface area contributed by atoms with Gasteiger partial charge in [-0.05, 0) is 17.7 Å². The quantitative estimate of drug-likeness (QED) is 0.795. The predicted octanol–water partition coefficient (Wildman–Crippen LogP) is 0.998. The lowest BCUT2D eigenvalue weighted by Crippen LogP contribution is -2.29. The second-order valence-corrected chi connectivity index (χ2v) is 4.05. The molecule has 0 fully saturated rings. The van der Waals surface area contributed by atoms with Gasteiger partial charge in [-0.15, -0.1) is 0 Å². The molecule has 4 nitrogen and oxygen atoms in total. The van der Waals surface area contributed by atoms with E-state index in [1.807, 2.05) is 11.0 Å². The van der Waals surface area contributed by atoms with Crippen LogP contribution in [0.25, 0.3) is 0 Å². The first kappa shape index (κ1) is 13.9. The van der Waals surface area contributed by atoms with Crippen LogP contribution in [-0.4, -0.2) is 41.4 Å². The molecule has 0 spiro atoms. The first-order valence-electron chi connectivity index (χ1n) is 5.34. The van der Waals surface area contributed by atoms with E-state index in [4.69, 9.17) is 27.1 Å². The van der Waals surface area contributed by atoms with Gasteiger partial charge in [-0.25, -0.2) is 0 Å². The number of hydrogen-bond donors (Lipinski definition) is 2. The van der Waals surface area contributed by atoms with Gasteiger partial charge in [0, 0.05) is 24.7 Å². The summed E-state index contributed by atoms with van der Waals surface area (Å²) in [6.45, 7) is 1.58. The van der Waals surface area contributed by atoms with Crippen molar-refractivity contribution < 1.29 is 10.2 Å². The summed E-state index contributed by atoms with van der Waals surface area (Å²) in [7, 11) is 0. The van der Waals surface area contributed by atoms with Crippen LogP contribution in [-0.2, 0) is 6.54 Å². The molecule has 1 aromatic carbocycles. The molecule has 0 saturated heterocycles. The van der Waals surface area contributed by atoms with Gasteiger partial charge in [0.25, 0.3) is 0 Å². The van der Waals surface area contributed by atoms with Crippen LogP contribution in [0, 0.1) is 11.3 Å². The summed E-state index contributed by atoms with van der Waals surface area (Å²) in [6.07, 6.45) is 0. The minimum atomic E-state index is 0.0356. The third-order valence-electron chi connectivity index (χ3n) is 2.41. The lowest BCUT2D eigenvalue weighted by Gasteiger charge is -2.20. The van der Waals surface area contributed by atoms with Crippen LogP contribution in [0.2, 0.25) is 5.02 Å².